The summed E-state index contributed by atoms with van der Waals surface area (Å²) >= 11 is 5.74. The molecule has 0 aromatic carbocycles. The fraction of sp³-hybridized carbons (Fsp3) is 0.286. The number of halogens is 1. The van der Waals surface area contributed by atoms with Crippen molar-refractivity contribution in [3.8, 4) is 0 Å². The third-order valence-corrected chi connectivity index (χ3v) is 1.75. The lowest BCUT2D eigenvalue weighted by Crippen LogP contribution is -2.21. The Bertz CT molecular complexity index is 249. The van der Waals surface area contributed by atoms with Crippen molar-refractivity contribution in [1.82, 2.24) is 0 Å². The number of nitrogens with two attached hydrogens (primary N) is 3. The molecule has 0 saturated carbocycles. The van der Waals surface area contributed by atoms with Gasteiger partial charge in [0.05, 0.1) is 11.1 Å². The highest BCUT2D eigenvalue weighted by Gasteiger charge is 2.08. The maximum atomic E-state index is 5.74. The van der Waals surface area contributed by atoms with Gasteiger partial charge in [-0.1, -0.05) is 11.6 Å². The zero-order valence-corrected chi connectivity index (χ0v) is 8.08. The molecule has 0 aliphatic rings. The van der Waals surface area contributed by atoms with Gasteiger partial charge in [0.25, 0.3) is 0 Å². The SMILES string of the molecule is C=N/C(N)=C(/Cl)C(N)/C=C(\C)ON. The highest BCUT2D eigenvalue weighted by molar-refractivity contribution is 6.30. The standard InChI is InChI=1S/C7H13ClN4O/c1-4(13-11)3-5(9)6(8)7(10)12-2/h3,5H,2,9-11H2,1H3/b4-3+,7-6+. The van der Waals surface area contributed by atoms with Crippen molar-refractivity contribution in [2.75, 3.05) is 0 Å². The summed E-state index contributed by atoms with van der Waals surface area (Å²) in [5, 5.41) is 0.200. The Hall–Kier alpha value is -1.04. The van der Waals surface area contributed by atoms with E-state index in [4.69, 9.17) is 29.0 Å². The first-order chi connectivity index (χ1) is 6.02. The van der Waals surface area contributed by atoms with Gasteiger partial charge < -0.3 is 16.3 Å². The minimum atomic E-state index is -0.587. The minimum absolute atomic E-state index is 0.0928. The Balaban J connectivity index is 4.61. The Morgan fingerprint density at radius 2 is 2.23 bits per heavy atom. The first kappa shape index (κ1) is 12.0. The Kier molecular flexibility index (Phi) is 5.13. The van der Waals surface area contributed by atoms with Crippen LogP contribution in [0.1, 0.15) is 6.92 Å². The summed E-state index contributed by atoms with van der Waals surface area (Å²) < 4.78 is 0. The molecule has 0 radical (unpaired) electrons. The smallest absolute Gasteiger partial charge is 0.139 e. The minimum Gasteiger partial charge on any atom is -0.417 e. The molecule has 0 saturated heterocycles. The molecule has 5 nitrogen and oxygen atoms in total. The van der Waals surface area contributed by atoms with Gasteiger partial charge in [-0.25, -0.2) is 4.99 Å². The molecule has 0 heterocycles. The first-order valence-corrected chi connectivity index (χ1v) is 3.83. The molecule has 1 unspecified atom stereocenters. The summed E-state index contributed by atoms with van der Waals surface area (Å²) in [6.45, 7) is 4.85. The quantitative estimate of drug-likeness (QED) is 0.345. The third kappa shape index (κ3) is 3.93. The van der Waals surface area contributed by atoms with Crippen molar-refractivity contribution in [3.05, 3.63) is 22.7 Å². The second-order valence-corrected chi connectivity index (χ2v) is 2.72. The normalized spacial score (nSPS) is 16.2. The molecular formula is C7H13ClN4O. The first-order valence-electron chi connectivity index (χ1n) is 3.45. The highest BCUT2D eigenvalue weighted by Crippen LogP contribution is 2.12. The Labute approximate surface area is 81.8 Å². The average Bonchev–Trinajstić information content (AvgIpc) is 2.14. The van der Waals surface area contributed by atoms with E-state index in [0.717, 1.165) is 0 Å². The van der Waals surface area contributed by atoms with E-state index in [1.54, 1.807) is 6.92 Å². The maximum absolute atomic E-state index is 5.74. The molecule has 0 amide bonds. The average molecular weight is 205 g/mol. The van der Waals surface area contributed by atoms with Crippen LogP contribution in [-0.4, -0.2) is 12.8 Å². The van der Waals surface area contributed by atoms with Crippen molar-refractivity contribution >= 4 is 18.3 Å². The summed E-state index contributed by atoms with van der Waals surface area (Å²) in [7, 11) is 0. The highest BCUT2D eigenvalue weighted by atomic mass is 35.5. The number of allylic oxidation sites excluding steroid dienone is 1. The lowest BCUT2D eigenvalue weighted by atomic mass is 10.2. The monoisotopic (exact) mass is 204 g/mol. The van der Waals surface area contributed by atoms with Gasteiger partial charge in [-0.05, 0) is 19.7 Å². The number of rotatable bonds is 4. The molecule has 0 aliphatic heterocycles. The van der Waals surface area contributed by atoms with Gasteiger partial charge in [-0.3, -0.25) is 0 Å². The van der Waals surface area contributed by atoms with E-state index in [-0.39, 0.29) is 10.9 Å². The van der Waals surface area contributed by atoms with E-state index < -0.39 is 6.04 Å². The predicted octanol–water partition coefficient (Wildman–Crippen LogP) is 0.175. The van der Waals surface area contributed by atoms with Gasteiger partial charge in [-0.2, -0.15) is 5.90 Å². The van der Waals surface area contributed by atoms with Crippen LogP contribution in [0.25, 0.3) is 0 Å². The molecule has 0 bridgehead atoms. The fourth-order valence-corrected chi connectivity index (χ4v) is 0.734. The van der Waals surface area contributed by atoms with Gasteiger partial charge >= 0.3 is 0 Å². The Morgan fingerprint density at radius 3 is 2.62 bits per heavy atom. The molecule has 0 aliphatic carbocycles. The van der Waals surface area contributed by atoms with Crippen LogP contribution in [0, 0.1) is 0 Å². The van der Waals surface area contributed by atoms with Gasteiger partial charge in [0.1, 0.15) is 11.6 Å². The van der Waals surface area contributed by atoms with E-state index in [1.807, 2.05) is 0 Å². The van der Waals surface area contributed by atoms with Crippen LogP contribution in [-0.2, 0) is 4.84 Å². The maximum Gasteiger partial charge on any atom is 0.139 e. The zero-order valence-electron chi connectivity index (χ0n) is 7.33. The fourth-order valence-electron chi connectivity index (χ4n) is 0.612. The van der Waals surface area contributed by atoms with E-state index in [0.29, 0.717) is 5.76 Å². The van der Waals surface area contributed by atoms with Crippen molar-refractivity contribution in [2.45, 2.75) is 13.0 Å². The van der Waals surface area contributed by atoms with E-state index in [9.17, 15) is 0 Å². The van der Waals surface area contributed by atoms with Crippen molar-refractivity contribution in [2.24, 2.45) is 22.4 Å². The summed E-state index contributed by atoms with van der Waals surface area (Å²) in [4.78, 5) is 7.83. The van der Waals surface area contributed by atoms with Crippen LogP contribution in [0.2, 0.25) is 0 Å². The van der Waals surface area contributed by atoms with Crippen LogP contribution in [0.15, 0.2) is 27.7 Å². The van der Waals surface area contributed by atoms with Gasteiger partial charge in [0.15, 0.2) is 0 Å². The van der Waals surface area contributed by atoms with Crippen LogP contribution >= 0.6 is 11.6 Å². The largest absolute Gasteiger partial charge is 0.417 e. The van der Waals surface area contributed by atoms with Gasteiger partial charge in [0, 0.05) is 0 Å². The lowest BCUT2D eigenvalue weighted by Gasteiger charge is -2.07. The molecule has 0 rings (SSSR count). The second-order valence-electron chi connectivity index (χ2n) is 2.31. The molecule has 0 aromatic rings. The summed E-state index contributed by atoms with van der Waals surface area (Å²) in [6.07, 6.45) is 1.51. The van der Waals surface area contributed by atoms with Crippen LogP contribution < -0.4 is 17.4 Å². The summed E-state index contributed by atoms with van der Waals surface area (Å²) in [5.74, 6) is 5.42. The van der Waals surface area contributed by atoms with Crippen LogP contribution in [0.4, 0.5) is 0 Å². The van der Waals surface area contributed by atoms with Crippen molar-refractivity contribution in [3.63, 3.8) is 0 Å². The predicted molar refractivity (Wildman–Crippen MR) is 53.6 cm³/mol. The molecule has 74 valence electrons. The Morgan fingerprint density at radius 1 is 1.69 bits per heavy atom. The topological polar surface area (TPSA) is 99.6 Å². The molecule has 13 heavy (non-hydrogen) atoms. The van der Waals surface area contributed by atoms with E-state index in [1.165, 1.54) is 6.08 Å². The molecule has 6 heteroatoms. The number of hydrogen-bond acceptors (Lipinski definition) is 5. The summed E-state index contributed by atoms with van der Waals surface area (Å²) in [5.41, 5.74) is 11.0. The van der Waals surface area contributed by atoms with E-state index >= 15 is 0 Å². The lowest BCUT2D eigenvalue weighted by molar-refractivity contribution is 0.221. The molecule has 1 atom stereocenters. The van der Waals surface area contributed by atoms with Crippen molar-refractivity contribution in [1.29, 1.82) is 0 Å². The van der Waals surface area contributed by atoms with E-state index in [2.05, 4.69) is 16.5 Å². The van der Waals surface area contributed by atoms with Gasteiger partial charge in [0.2, 0.25) is 0 Å². The third-order valence-electron chi connectivity index (χ3n) is 1.31. The molecule has 6 N–H and O–H groups in total. The number of aliphatic imine (C=N–C) groups is 1. The van der Waals surface area contributed by atoms with Gasteiger partial charge in [-0.15, -0.1) is 0 Å². The summed E-state index contributed by atoms with van der Waals surface area (Å²) in [6, 6.07) is -0.587. The second kappa shape index (κ2) is 5.58. The number of nitrogens with zero attached hydrogens (tertiary/aromatic N) is 1. The zero-order chi connectivity index (χ0) is 10.4. The number of hydrogen-bond donors (Lipinski definition) is 3. The van der Waals surface area contributed by atoms with Crippen LogP contribution in [0.3, 0.4) is 0 Å². The van der Waals surface area contributed by atoms with Crippen molar-refractivity contribution < 1.29 is 4.84 Å². The molecule has 0 spiro atoms. The molecule has 0 aromatic heterocycles. The molecule has 0 fully saturated rings. The molecular weight excluding hydrogens is 192 g/mol. The van der Waals surface area contributed by atoms with Crippen LogP contribution in [0.5, 0.6) is 0 Å².